The van der Waals surface area contributed by atoms with E-state index in [1.54, 1.807) is 168 Å². The molecule has 3 heterocycles. The number of carbonyl (C=O) groups is 4. The molecule has 2 N–H and O–H groups in total. The molecule has 0 bridgehead atoms. The van der Waals surface area contributed by atoms with E-state index in [9.17, 15) is 61.3 Å². The zero-order chi connectivity index (χ0) is 91.7. The number of hydrogen-bond donors (Lipinski definition) is 1. The standard InChI is InChI=1S/C17H19NO3SSi.C15H14BrNO4S.C14H10BrNO3S.C14H10ClNO3S.C8H10.C7H6BrClO2S.C7H8BrN.2CO2.ClI/c1-18-15-8-6-5-7-13(15)17(19)14-10-9-12(23(2,3)4)11-16(14)22(18,20)21;1-17(12-6-4-3-5-7-12)22(19,20)14-10-11(16)8-9-13(14)15(18)21-2;2*1-16-12-5-3-2-4-10(12)14(17)11-7-6-9(15)8-13(11)20(16,18)19;1-2-8-6-4-3-5-7-8;1-5-2-3-6(8)4-7(5)12(9,10)11;1-5-2-3-6(8)4-7(5)9;2*2-1-3;1-2/h5-11H,1-4H3;3-10H,1-2H3;2*2-8H,1H3;3-7H,2H2,1H3;2-4H,1H3;2-4H,9H2,1H3;;;. The molecule has 11 aromatic carbocycles. The summed E-state index contributed by atoms with van der Waals surface area (Å²) in [5.41, 5.74) is 13.0. The molecule has 0 aromatic heterocycles. The van der Waals surface area contributed by atoms with Gasteiger partial charge in [0.05, 0.1) is 58.2 Å². The summed E-state index contributed by atoms with van der Waals surface area (Å²) in [6.07, 6.45) is 1.64. The number of nitrogens with two attached hydrogens (primary N) is 1. The molecule has 122 heavy (non-hydrogen) atoms. The van der Waals surface area contributed by atoms with Crippen LogP contribution in [0.3, 0.4) is 0 Å². The molecule has 0 unspecified atom stereocenters. The van der Waals surface area contributed by atoms with Gasteiger partial charge >= 0.3 is 18.3 Å². The predicted molar refractivity (Wildman–Crippen MR) is 500 cm³/mol. The zero-order valence-electron chi connectivity index (χ0n) is 66.5. The highest BCUT2D eigenvalue weighted by Gasteiger charge is 2.38. The Kier molecular flexibility index (Phi) is 39.3. The van der Waals surface area contributed by atoms with Crippen molar-refractivity contribution < 1.29 is 85.2 Å². The summed E-state index contributed by atoms with van der Waals surface area (Å²) in [5, 5.41) is 1.30. The summed E-state index contributed by atoms with van der Waals surface area (Å²) in [7, 11) is -3.67. The van der Waals surface area contributed by atoms with Crippen LogP contribution in [0.25, 0.3) is 0 Å². The maximum absolute atomic E-state index is 13.0. The third kappa shape index (κ3) is 26.4. The first-order chi connectivity index (χ1) is 57.2. The van der Waals surface area contributed by atoms with Crippen LogP contribution in [0.4, 0.5) is 28.4 Å². The van der Waals surface area contributed by atoms with Gasteiger partial charge in [0.15, 0.2) is 17.3 Å². The largest absolute Gasteiger partial charge is 0.465 e. The Morgan fingerprint density at radius 1 is 0.484 bits per heavy atom. The van der Waals surface area contributed by atoms with E-state index < -0.39 is 63.2 Å². The van der Waals surface area contributed by atoms with Crippen molar-refractivity contribution in [1.82, 2.24) is 0 Å². The highest BCUT2D eigenvalue weighted by atomic mass is 127. The van der Waals surface area contributed by atoms with Gasteiger partial charge in [-0.1, -0.05) is 210 Å². The Balaban J connectivity index is 0.000000255. The fraction of sp³-hybridized carbons (Fsp3) is 0.143. The number of para-hydroxylation sites is 4. The number of fused-ring (bicyclic) bond motifs is 6. The first kappa shape index (κ1) is 104. The number of anilines is 5. The number of rotatable bonds is 7. The number of ketones is 3. The van der Waals surface area contributed by atoms with Gasteiger partial charge in [-0.2, -0.15) is 19.2 Å². The number of ether oxygens (including phenoxy) is 1. The van der Waals surface area contributed by atoms with Crippen LogP contribution < -0.4 is 28.1 Å². The minimum absolute atomic E-state index is 0.00604. The summed E-state index contributed by atoms with van der Waals surface area (Å²) in [6, 6.07) is 68.6. The highest BCUT2D eigenvalue weighted by Crippen LogP contribution is 2.39. The van der Waals surface area contributed by atoms with Gasteiger partial charge in [0, 0.05) is 122 Å². The minimum Gasteiger partial charge on any atom is -0.465 e. The van der Waals surface area contributed by atoms with Crippen molar-refractivity contribution in [3.05, 3.63) is 321 Å². The van der Waals surface area contributed by atoms with Gasteiger partial charge in [0.1, 0.15) is 9.79 Å². The van der Waals surface area contributed by atoms with Crippen LogP contribution in [0.1, 0.15) is 81.7 Å². The number of halogens is 8. The zero-order valence-corrected chi connectivity index (χ0v) is 82.3. The molecular formula is C84H77Br4Cl3IN5O19S5Si. The lowest BCUT2D eigenvalue weighted by atomic mass is 10.0. The van der Waals surface area contributed by atoms with Crippen molar-refractivity contribution in [1.29, 1.82) is 0 Å². The molecule has 642 valence electrons. The van der Waals surface area contributed by atoms with E-state index in [4.69, 9.17) is 47.2 Å². The van der Waals surface area contributed by atoms with Crippen LogP contribution in [0.15, 0.2) is 285 Å². The average Bonchev–Trinajstić information content (AvgIpc) is 1.57. The number of hydrogen-bond acceptors (Lipinski definition) is 20. The summed E-state index contributed by atoms with van der Waals surface area (Å²) in [5.74, 6) is -1.55. The van der Waals surface area contributed by atoms with Gasteiger partial charge in [-0.05, 0) is 185 Å². The molecule has 0 aliphatic carbocycles. The van der Waals surface area contributed by atoms with E-state index in [-0.39, 0.29) is 81.4 Å². The maximum atomic E-state index is 13.0. The van der Waals surface area contributed by atoms with E-state index in [2.05, 4.69) is 128 Å². The first-order valence-corrected chi connectivity index (χ1v) is 53.0. The maximum Gasteiger partial charge on any atom is 0.373 e. The number of methoxy groups -OCH3 is 1. The van der Waals surface area contributed by atoms with Gasteiger partial charge in [-0.25, -0.2) is 46.9 Å². The van der Waals surface area contributed by atoms with Crippen molar-refractivity contribution >= 4 is 243 Å². The van der Waals surface area contributed by atoms with Crippen molar-refractivity contribution in [2.45, 2.75) is 71.3 Å². The molecule has 0 saturated carbocycles. The molecule has 24 nitrogen and oxygen atoms in total. The van der Waals surface area contributed by atoms with Gasteiger partial charge in [0.25, 0.3) is 49.1 Å². The molecule has 0 saturated heterocycles. The van der Waals surface area contributed by atoms with Crippen LogP contribution >= 0.6 is 116 Å². The second kappa shape index (κ2) is 46.2. The Hall–Kier alpha value is -8.85. The van der Waals surface area contributed by atoms with Crippen LogP contribution in [0.2, 0.25) is 24.7 Å². The third-order valence-corrected chi connectivity index (χ3v) is 30.8. The Bertz CT molecular complexity index is 6210. The number of sulfonamides is 4. The SMILES string of the molecule is CCc1ccccc1.CN1c2ccccc2C(=O)c2ccc(Br)cc2S1(=O)=O.CN1c2ccccc2C(=O)c2ccc(Cl)cc2S1(=O)=O.CN1c2ccccc2C(=O)c2ccc([Si](C)(C)C)cc2S1(=O)=O.COC(=O)c1ccc(Br)cc1S(=O)(=O)N(C)c1ccccc1.Cc1ccc(Br)cc1N.Cc1ccc(Br)cc1S(=O)(=O)Cl.ClI.O=C=O.O=C=O. The summed E-state index contributed by atoms with van der Waals surface area (Å²) >= 11 is 20.5. The Morgan fingerprint density at radius 2 is 0.828 bits per heavy atom. The number of benzene rings is 11. The number of nitrogen functional groups attached to an aromatic ring is 1. The van der Waals surface area contributed by atoms with E-state index in [0.717, 1.165) is 40.2 Å². The lowest BCUT2D eigenvalue weighted by molar-refractivity contribution is -0.193. The smallest absolute Gasteiger partial charge is 0.373 e. The first-order valence-electron chi connectivity index (χ1n) is 35.2. The summed E-state index contributed by atoms with van der Waals surface area (Å²) in [6.45, 7) is 12.3. The molecule has 38 heteroatoms. The van der Waals surface area contributed by atoms with Gasteiger partial charge in [-0.15, -0.1) is 0 Å². The highest BCUT2D eigenvalue weighted by molar-refractivity contribution is 14.1. The second-order valence-corrected chi connectivity index (χ2v) is 46.0. The molecule has 0 fully saturated rings. The summed E-state index contributed by atoms with van der Waals surface area (Å²) < 4.78 is 136. The topological polar surface area (TPSA) is 355 Å². The third-order valence-electron chi connectivity index (χ3n) is 17.9. The monoisotopic (exact) mass is 2190 g/mol. The molecular weight excluding hydrogens is 2120 g/mol. The molecule has 3 aliphatic rings. The second-order valence-electron chi connectivity index (χ2n) is 26.5. The fourth-order valence-electron chi connectivity index (χ4n) is 11.3. The Labute approximate surface area is 770 Å². The van der Waals surface area contributed by atoms with E-state index in [1.165, 1.54) is 93.7 Å². The number of esters is 1. The van der Waals surface area contributed by atoms with E-state index in [1.807, 2.05) is 37.3 Å². The molecule has 14 rings (SSSR count). The molecule has 0 atom stereocenters. The normalized spacial score (nSPS) is 13.1. The number of nitrogens with zero attached hydrogens (tertiary/aromatic N) is 4. The van der Waals surface area contributed by atoms with E-state index in [0.29, 0.717) is 58.4 Å². The Morgan fingerprint density at radius 3 is 1.21 bits per heavy atom. The summed E-state index contributed by atoms with van der Waals surface area (Å²) in [4.78, 5) is 82.4. The minimum atomic E-state index is -3.90. The molecule has 0 radical (unpaired) electrons. The molecule has 11 aromatic rings. The van der Waals surface area contributed by atoms with Crippen molar-refractivity contribution in [3.8, 4) is 0 Å². The molecule has 3 aliphatic heterocycles. The van der Waals surface area contributed by atoms with Gasteiger partial charge < -0.3 is 10.5 Å². The lowest BCUT2D eigenvalue weighted by Gasteiger charge is -2.21. The predicted octanol–water partition coefficient (Wildman–Crippen LogP) is 18.9. The molecule has 0 spiro atoms. The van der Waals surface area contributed by atoms with Gasteiger partial charge in [-0.3, -0.25) is 31.6 Å². The number of aryl methyl sites for hydroxylation is 3. The van der Waals surface area contributed by atoms with E-state index >= 15 is 0 Å². The fourth-order valence-corrected chi connectivity index (χ4v) is 21.7. The quantitative estimate of drug-likeness (QED) is 0.0509. The average molecular weight is 2200 g/mol. The van der Waals surface area contributed by atoms with Crippen molar-refractivity contribution in [2.75, 3.05) is 58.3 Å². The van der Waals surface area contributed by atoms with Crippen LogP contribution in [-0.4, -0.2) is 121 Å². The number of carbonyl (C=O) groups excluding carboxylic acids is 8. The van der Waals surface area contributed by atoms with Crippen LogP contribution in [0.5, 0.6) is 0 Å². The van der Waals surface area contributed by atoms with Crippen molar-refractivity contribution in [2.24, 2.45) is 0 Å². The van der Waals surface area contributed by atoms with Crippen LogP contribution in [-0.2, 0) is 79.5 Å². The lowest BCUT2D eigenvalue weighted by Crippen LogP contribution is -2.38. The van der Waals surface area contributed by atoms with Gasteiger partial charge in [0.2, 0.25) is 0 Å². The molecule has 0 amide bonds. The van der Waals surface area contributed by atoms with Crippen molar-refractivity contribution in [3.63, 3.8) is 0 Å². The van der Waals surface area contributed by atoms with Crippen LogP contribution in [0, 0.1) is 13.8 Å².